The van der Waals surface area contributed by atoms with Gasteiger partial charge >= 0.3 is 5.97 Å². The summed E-state index contributed by atoms with van der Waals surface area (Å²) in [7, 11) is 1.63. The van der Waals surface area contributed by atoms with Crippen molar-refractivity contribution in [2.45, 2.75) is 40.2 Å². The summed E-state index contributed by atoms with van der Waals surface area (Å²) in [4.78, 5) is 11.0. The smallest absolute Gasteiger partial charge is 0.328 e. The SMILES string of the molecule is CCc1ccc(COc2c(/C=C/C(=O)O)ccc(OC)c2CC=C(C)C)cc1. The lowest BCUT2D eigenvalue weighted by atomic mass is 10.0. The zero-order valence-corrected chi connectivity index (χ0v) is 17.0. The molecule has 4 nitrogen and oxygen atoms in total. The standard InChI is InChI=1S/C24H28O4/c1-5-18-7-9-19(10-8-18)16-28-24-20(12-15-23(25)26)11-14-22(27-4)21(24)13-6-17(2)3/h6-12,14-15H,5,13,16H2,1-4H3,(H,25,26)/b15-12+. The summed E-state index contributed by atoms with van der Waals surface area (Å²) in [5.41, 5.74) is 5.14. The molecule has 0 saturated heterocycles. The maximum Gasteiger partial charge on any atom is 0.328 e. The van der Waals surface area contributed by atoms with Crippen molar-refractivity contribution in [3.05, 3.63) is 76.4 Å². The van der Waals surface area contributed by atoms with Gasteiger partial charge < -0.3 is 14.6 Å². The van der Waals surface area contributed by atoms with Crippen LogP contribution >= 0.6 is 0 Å². The lowest BCUT2D eigenvalue weighted by molar-refractivity contribution is -0.131. The Kier molecular flexibility index (Phi) is 7.88. The average molecular weight is 380 g/mol. The van der Waals surface area contributed by atoms with Crippen LogP contribution < -0.4 is 9.47 Å². The number of aliphatic carboxylic acids is 1. The first-order valence-corrected chi connectivity index (χ1v) is 9.39. The number of hydrogen-bond acceptors (Lipinski definition) is 3. The third kappa shape index (κ3) is 6.02. The number of aryl methyl sites for hydroxylation is 1. The number of rotatable bonds is 9. The summed E-state index contributed by atoms with van der Waals surface area (Å²) in [5.74, 6) is 0.373. The van der Waals surface area contributed by atoms with E-state index in [1.54, 1.807) is 13.2 Å². The second-order valence-corrected chi connectivity index (χ2v) is 6.78. The fraction of sp³-hybridized carbons (Fsp3) is 0.292. The average Bonchev–Trinajstić information content (AvgIpc) is 2.69. The van der Waals surface area contributed by atoms with Gasteiger partial charge in [0.15, 0.2) is 0 Å². The summed E-state index contributed by atoms with van der Waals surface area (Å²) in [6.45, 7) is 6.60. The molecule has 148 valence electrons. The molecule has 2 rings (SSSR count). The molecule has 4 heteroatoms. The molecule has 0 spiro atoms. The summed E-state index contributed by atoms with van der Waals surface area (Å²) in [5, 5.41) is 9.01. The van der Waals surface area contributed by atoms with E-state index in [4.69, 9.17) is 14.6 Å². The van der Waals surface area contributed by atoms with Gasteiger partial charge in [-0.15, -0.1) is 0 Å². The van der Waals surface area contributed by atoms with Crippen LogP contribution in [-0.4, -0.2) is 18.2 Å². The third-order valence-electron chi connectivity index (χ3n) is 4.40. The Labute approximate surface area is 167 Å². The van der Waals surface area contributed by atoms with Crippen LogP contribution in [-0.2, 0) is 24.2 Å². The topological polar surface area (TPSA) is 55.8 Å². The number of methoxy groups -OCH3 is 1. The normalized spacial score (nSPS) is 10.7. The number of hydrogen-bond donors (Lipinski definition) is 1. The lowest BCUT2D eigenvalue weighted by Gasteiger charge is -2.17. The Hall–Kier alpha value is -3.01. The van der Waals surface area contributed by atoms with E-state index in [1.807, 2.05) is 26.0 Å². The predicted molar refractivity (Wildman–Crippen MR) is 113 cm³/mol. The van der Waals surface area contributed by atoms with Gasteiger partial charge in [-0.05, 0) is 56.0 Å². The first-order valence-electron chi connectivity index (χ1n) is 9.39. The number of carboxylic acid groups (broad SMARTS) is 1. The van der Waals surface area contributed by atoms with Crippen molar-refractivity contribution in [1.29, 1.82) is 0 Å². The van der Waals surface area contributed by atoms with Crippen LogP contribution in [0.1, 0.15) is 43.0 Å². The molecule has 1 N–H and O–H groups in total. The molecular weight excluding hydrogens is 352 g/mol. The monoisotopic (exact) mass is 380 g/mol. The molecular formula is C24H28O4. The predicted octanol–water partition coefficient (Wildman–Crippen LogP) is 5.44. The largest absolute Gasteiger partial charge is 0.496 e. The molecule has 0 aliphatic rings. The van der Waals surface area contributed by atoms with Gasteiger partial charge in [-0.2, -0.15) is 0 Å². The molecule has 0 atom stereocenters. The molecule has 0 saturated carbocycles. The number of ether oxygens (including phenoxy) is 2. The second-order valence-electron chi connectivity index (χ2n) is 6.78. The van der Waals surface area contributed by atoms with E-state index in [9.17, 15) is 4.79 Å². The number of allylic oxidation sites excluding steroid dienone is 2. The second kappa shape index (κ2) is 10.4. The van der Waals surface area contributed by atoms with Gasteiger partial charge in [0.05, 0.1) is 7.11 Å². The fourth-order valence-electron chi connectivity index (χ4n) is 2.81. The molecule has 0 unspecified atom stereocenters. The summed E-state index contributed by atoms with van der Waals surface area (Å²) < 4.78 is 11.7. The van der Waals surface area contributed by atoms with Crippen LogP contribution in [0.3, 0.4) is 0 Å². The van der Waals surface area contributed by atoms with Crippen LogP contribution in [0.5, 0.6) is 11.5 Å². The van der Waals surface area contributed by atoms with Crippen LogP contribution in [0, 0.1) is 0 Å². The fourth-order valence-corrected chi connectivity index (χ4v) is 2.81. The first kappa shape index (κ1) is 21.3. The Bertz CT molecular complexity index is 857. The van der Waals surface area contributed by atoms with E-state index in [-0.39, 0.29) is 0 Å². The van der Waals surface area contributed by atoms with Crippen molar-refractivity contribution in [2.75, 3.05) is 7.11 Å². The van der Waals surface area contributed by atoms with Gasteiger partial charge in [0.25, 0.3) is 0 Å². The summed E-state index contributed by atoms with van der Waals surface area (Å²) in [6.07, 6.45) is 6.42. The molecule has 0 amide bonds. The Morgan fingerprint density at radius 2 is 1.75 bits per heavy atom. The molecule has 0 aromatic heterocycles. The van der Waals surface area contributed by atoms with E-state index in [0.29, 0.717) is 24.3 Å². The van der Waals surface area contributed by atoms with Crippen molar-refractivity contribution in [3.63, 3.8) is 0 Å². The third-order valence-corrected chi connectivity index (χ3v) is 4.40. The molecule has 0 radical (unpaired) electrons. The van der Waals surface area contributed by atoms with Crippen molar-refractivity contribution in [1.82, 2.24) is 0 Å². The minimum atomic E-state index is -0.997. The quantitative estimate of drug-likeness (QED) is 0.465. The molecule has 0 aliphatic heterocycles. The van der Waals surface area contributed by atoms with Gasteiger partial charge in [0, 0.05) is 17.2 Å². The van der Waals surface area contributed by atoms with Crippen LogP contribution in [0.2, 0.25) is 0 Å². The van der Waals surface area contributed by atoms with Crippen LogP contribution in [0.15, 0.2) is 54.1 Å². The molecule has 2 aromatic rings. The van der Waals surface area contributed by atoms with Crippen molar-refractivity contribution < 1.29 is 19.4 Å². The van der Waals surface area contributed by atoms with E-state index in [2.05, 4.69) is 37.3 Å². The number of carbonyl (C=O) groups is 1. The van der Waals surface area contributed by atoms with Gasteiger partial charge in [0.1, 0.15) is 18.1 Å². The Balaban J connectivity index is 2.41. The highest BCUT2D eigenvalue weighted by Crippen LogP contribution is 2.35. The van der Waals surface area contributed by atoms with Crippen LogP contribution in [0.25, 0.3) is 6.08 Å². The van der Waals surface area contributed by atoms with Gasteiger partial charge in [-0.1, -0.05) is 42.8 Å². The van der Waals surface area contributed by atoms with E-state index >= 15 is 0 Å². The van der Waals surface area contributed by atoms with Crippen molar-refractivity contribution in [2.24, 2.45) is 0 Å². The summed E-state index contributed by atoms with van der Waals surface area (Å²) >= 11 is 0. The van der Waals surface area contributed by atoms with E-state index in [1.165, 1.54) is 11.1 Å². The molecule has 2 aromatic carbocycles. The first-order chi connectivity index (χ1) is 13.4. The summed E-state index contributed by atoms with van der Waals surface area (Å²) in [6, 6.07) is 12.0. The highest BCUT2D eigenvalue weighted by Gasteiger charge is 2.14. The van der Waals surface area contributed by atoms with E-state index < -0.39 is 5.97 Å². The lowest BCUT2D eigenvalue weighted by Crippen LogP contribution is -2.03. The van der Waals surface area contributed by atoms with Gasteiger partial charge in [-0.25, -0.2) is 4.79 Å². The van der Waals surface area contributed by atoms with Crippen LogP contribution in [0.4, 0.5) is 0 Å². The minimum absolute atomic E-state index is 0.396. The Morgan fingerprint density at radius 1 is 1.07 bits per heavy atom. The molecule has 0 aliphatic carbocycles. The molecule has 0 heterocycles. The highest BCUT2D eigenvalue weighted by atomic mass is 16.5. The Morgan fingerprint density at radius 3 is 2.32 bits per heavy atom. The van der Waals surface area contributed by atoms with Crippen molar-refractivity contribution in [3.8, 4) is 11.5 Å². The van der Waals surface area contributed by atoms with Gasteiger partial charge in [-0.3, -0.25) is 0 Å². The molecule has 0 fully saturated rings. The minimum Gasteiger partial charge on any atom is -0.496 e. The van der Waals surface area contributed by atoms with E-state index in [0.717, 1.165) is 29.4 Å². The number of carboxylic acids is 1. The molecule has 0 bridgehead atoms. The van der Waals surface area contributed by atoms with Gasteiger partial charge in [0.2, 0.25) is 0 Å². The number of benzene rings is 2. The molecule has 28 heavy (non-hydrogen) atoms. The zero-order chi connectivity index (χ0) is 20.5. The van der Waals surface area contributed by atoms with Crippen molar-refractivity contribution >= 4 is 12.0 Å². The maximum atomic E-state index is 11.0. The highest BCUT2D eigenvalue weighted by molar-refractivity contribution is 5.86. The maximum absolute atomic E-state index is 11.0. The zero-order valence-electron chi connectivity index (χ0n) is 17.0.